The minimum atomic E-state index is -0.356. The van der Waals surface area contributed by atoms with Gasteiger partial charge in [0.2, 0.25) is 0 Å². The van der Waals surface area contributed by atoms with Crippen molar-refractivity contribution >= 4 is 34.2 Å². The van der Waals surface area contributed by atoms with Crippen molar-refractivity contribution in [1.82, 2.24) is 14.5 Å². The molecular formula is C21H20ClFN4O2. The molecule has 29 heavy (non-hydrogen) atoms. The van der Waals surface area contributed by atoms with E-state index in [1.165, 1.54) is 6.07 Å². The van der Waals surface area contributed by atoms with Crippen LogP contribution in [0.1, 0.15) is 24.4 Å². The third-order valence-electron chi connectivity index (χ3n) is 5.31. The largest absolute Gasteiger partial charge is 0.324 e. The van der Waals surface area contributed by atoms with Crippen LogP contribution in [-0.2, 0) is 0 Å². The van der Waals surface area contributed by atoms with E-state index >= 15 is 0 Å². The predicted octanol–water partition coefficient (Wildman–Crippen LogP) is 4.37. The number of hydrogen-bond donors (Lipinski definition) is 1. The van der Waals surface area contributed by atoms with Gasteiger partial charge in [-0.25, -0.2) is 14.2 Å². The second-order valence-corrected chi connectivity index (χ2v) is 7.67. The summed E-state index contributed by atoms with van der Waals surface area (Å²) in [6, 6.07) is 9.35. The van der Waals surface area contributed by atoms with Gasteiger partial charge in [-0.1, -0.05) is 17.7 Å². The van der Waals surface area contributed by atoms with Crippen LogP contribution in [0.3, 0.4) is 0 Å². The van der Waals surface area contributed by atoms with Crippen LogP contribution in [0.4, 0.5) is 14.9 Å². The number of nitrogens with zero attached hydrogens (tertiary/aromatic N) is 3. The number of urea groups is 1. The Kier molecular flexibility index (Phi) is 5.24. The van der Waals surface area contributed by atoms with Gasteiger partial charge in [0, 0.05) is 29.8 Å². The number of halogens is 2. The fourth-order valence-corrected chi connectivity index (χ4v) is 3.76. The van der Waals surface area contributed by atoms with Gasteiger partial charge in [0.1, 0.15) is 5.82 Å². The van der Waals surface area contributed by atoms with Crippen LogP contribution < -0.4 is 10.9 Å². The van der Waals surface area contributed by atoms with Gasteiger partial charge in [0.05, 0.1) is 17.2 Å². The lowest BCUT2D eigenvalue weighted by Gasteiger charge is -2.32. The molecule has 0 radical (unpaired) electrons. The Balaban J connectivity index is 1.44. The molecule has 3 aromatic rings. The van der Waals surface area contributed by atoms with E-state index in [-0.39, 0.29) is 23.4 Å². The van der Waals surface area contributed by atoms with Gasteiger partial charge in [-0.2, -0.15) is 0 Å². The van der Waals surface area contributed by atoms with E-state index in [0.717, 1.165) is 0 Å². The Hall–Kier alpha value is -2.93. The average molecular weight is 415 g/mol. The van der Waals surface area contributed by atoms with Crippen molar-refractivity contribution in [3.05, 3.63) is 69.5 Å². The number of benzene rings is 2. The highest BCUT2D eigenvalue weighted by Crippen LogP contribution is 2.23. The molecule has 0 atom stereocenters. The van der Waals surface area contributed by atoms with Gasteiger partial charge in [-0.15, -0.1) is 0 Å². The second-order valence-electron chi connectivity index (χ2n) is 7.23. The van der Waals surface area contributed by atoms with Crippen molar-refractivity contribution in [3.63, 3.8) is 0 Å². The molecule has 2 amide bonds. The summed E-state index contributed by atoms with van der Waals surface area (Å²) in [5.41, 5.74) is 1.42. The number of carbonyl (C=O) groups is 1. The summed E-state index contributed by atoms with van der Waals surface area (Å²) in [7, 11) is 0. The molecule has 150 valence electrons. The Morgan fingerprint density at radius 2 is 1.97 bits per heavy atom. The minimum Gasteiger partial charge on any atom is -0.324 e. The molecule has 6 nitrogen and oxygen atoms in total. The summed E-state index contributed by atoms with van der Waals surface area (Å²) in [6.07, 6.45) is 2.82. The van der Waals surface area contributed by atoms with Gasteiger partial charge in [0.25, 0.3) is 5.56 Å². The van der Waals surface area contributed by atoms with E-state index in [9.17, 15) is 14.0 Å². The molecular weight excluding hydrogens is 395 g/mol. The Bertz CT molecular complexity index is 1140. The van der Waals surface area contributed by atoms with Gasteiger partial charge < -0.3 is 10.2 Å². The van der Waals surface area contributed by atoms with Crippen molar-refractivity contribution in [2.24, 2.45) is 0 Å². The lowest BCUT2D eigenvalue weighted by atomic mass is 10.0. The number of fused-ring (bicyclic) bond motifs is 1. The van der Waals surface area contributed by atoms with E-state index in [0.29, 0.717) is 53.1 Å². The normalized spacial score (nSPS) is 14.9. The summed E-state index contributed by atoms with van der Waals surface area (Å²) in [6.45, 7) is 2.66. The molecule has 1 saturated heterocycles. The first-order valence-corrected chi connectivity index (χ1v) is 9.78. The molecule has 1 aromatic heterocycles. The molecule has 1 fully saturated rings. The third kappa shape index (κ3) is 3.96. The lowest BCUT2D eigenvalue weighted by molar-refractivity contribution is 0.182. The smallest absolute Gasteiger partial charge is 0.321 e. The van der Waals surface area contributed by atoms with Gasteiger partial charge >= 0.3 is 6.03 Å². The zero-order valence-electron chi connectivity index (χ0n) is 15.9. The monoisotopic (exact) mass is 414 g/mol. The van der Waals surface area contributed by atoms with Crippen LogP contribution in [0.15, 0.2) is 47.5 Å². The fourth-order valence-electron chi connectivity index (χ4n) is 3.59. The molecule has 0 aliphatic carbocycles. The van der Waals surface area contributed by atoms with Crippen molar-refractivity contribution < 1.29 is 9.18 Å². The van der Waals surface area contributed by atoms with E-state index in [1.54, 1.807) is 53.0 Å². The van der Waals surface area contributed by atoms with Crippen molar-refractivity contribution in [2.45, 2.75) is 25.8 Å². The first-order valence-electron chi connectivity index (χ1n) is 9.41. The SMILES string of the molecule is Cc1ccc(NC(=O)N2CCC(n3cnc4cc(Cl)ccc4c3=O)CC2)cc1F. The molecule has 0 unspecified atom stereocenters. The topological polar surface area (TPSA) is 67.2 Å². The number of aryl methyl sites for hydroxylation is 1. The van der Waals surface area contributed by atoms with Gasteiger partial charge in [-0.3, -0.25) is 9.36 Å². The maximum atomic E-state index is 13.7. The number of anilines is 1. The molecule has 4 rings (SSSR count). The third-order valence-corrected chi connectivity index (χ3v) is 5.55. The first kappa shape index (κ1) is 19.4. The maximum absolute atomic E-state index is 13.7. The van der Waals surface area contributed by atoms with Gasteiger partial charge in [-0.05, 0) is 55.7 Å². The van der Waals surface area contributed by atoms with Crippen LogP contribution in [0.2, 0.25) is 5.02 Å². The number of likely N-dealkylation sites (tertiary alicyclic amines) is 1. The summed E-state index contributed by atoms with van der Waals surface area (Å²) >= 11 is 5.97. The Morgan fingerprint density at radius 1 is 1.21 bits per heavy atom. The van der Waals surface area contributed by atoms with Crippen LogP contribution in [-0.4, -0.2) is 33.6 Å². The molecule has 1 N–H and O–H groups in total. The van der Waals surface area contributed by atoms with E-state index in [1.807, 2.05) is 0 Å². The summed E-state index contributed by atoms with van der Waals surface area (Å²) in [4.78, 5) is 31.3. The number of nitrogens with one attached hydrogen (secondary N) is 1. The lowest BCUT2D eigenvalue weighted by Crippen LogP contribution is -2.42. The number of piperidine rings is 1. The first-order chi connectivity index (χ1) is 13.9. The fraction of sp³-hybridized carbons (Fsp3) is 0.286. The molecule has 1 aliphatic heterocycles. The summed E-state index contributed by atoms with van der Waals surface area (Å²) in [5, 5.41) is 3.79. The van der Waals surface area contributed by atoms with Crippen molar-refractivity contribution in [3.8, 4) is 0 Å². The van der Waals surface area contributed by atoms with Crippen LogP contribution >= 0.6 is 11.6 Å². The summed E-state index contributed by atoms with van der Waals surface area (Å²) < 4.78 is 15.3. The van der Waals surface area contributed by atoms with E-state index < -0.39 is 0 Å². The number of amides is 2. The minimum absolute atomic E-state index is 0.0315. The molecule has 1 aliphatic rings. The van der Waals surface area contributed by atoms with Crippen molar-refractivity contribution in [1.29, 1.82) is 0 Å². The Labute approximate surface area is 171 Å². The number of hydrogen-bond acceptors (Lipinski definition) is 3. The molecule has 0 bridgehead atoms. The number of rotatable bonds is 2. The highest BCUT2D eigenvalue weighted by molar-refractivity contribution is 6.31. The van der Waals surface area contributed by atoms with Crippen LogP contribution in [0, 0.1) is 12.7 Å². The molecule has 8 heteroatoms. The zero-order valence-corrected chi connectivity index (χ0v) is 16.6. The molecule has 0 saturated carbocycles. The highest BCUT2D eigenvalue weighted by atomic mass is 35.5. The van der Waals surface area contributed by atoms with E-state index in [4.69, 9.17) is 11.6 Å². The maximum Gasteiger partial charge on any atom is 0.321 e. The average Bonchev–Trinajstić information content (AvgIpc) is 2.71. The van der Waals surface area contributed by atoms with Crippen LogP contribution in [0.25, 0.3) is 10.9 Å². The standard InChI is InChI=1S/C21H20ClFN4O2/c1-13-2-4-15(11-18(13)23)25-21(29)26-8-6-16(7-9-26)27-12-24-19-10-14(22)3-5-17(19)20(27)28/h2-5,10-12,16H,6-9H2,1H3,(H,25,29). The zero-order chi connectivity index (χ0) is 20.5. The highest BCUT2D eigenvalue weighted by Gasteiger charge is 2.25. The predicted molar refractivity (Wildman–Crippen MR) is 111 cm³/mol. The Morgan fingerprint density at radius 3 is 2.69 bits per heavy atom. The van der Waals surface area contributed by atoms with Gasteiger partial charge in [0.15, 0.2) is 0 Å². The number of aromatic nitrogens is 2. The van der Waals surface area contributed by atoms with Crippen LogP contribution in [0.5, 0.6) is 0 Å². The van der Waals surface area contributed by atoms with E-state index in [2.05, 4.69) is 10.3 Å². The quantitative estimate of drug-likeness (QED) is 0.677. The molecule has 2 heterocycles. The molecule has 0 spiro atoms. The second kappa shape index (κ2) is 7.83. The number of carbonyl (C=O) groups excluding carboxylic acids is 1. The summed E-state index contributed by atoms with van der Waals surface area (Å²) in [5.74, 6) is -0.356. The molecule has 2 aromatic carbocycles. The van der Waals surface area contributed by atoms with Crippen molar-refractivity contribution in [2.75, 3.05) is 18.4 Å².